The van der Waals surface area contributed by atoms with Crippen molar-refractivity contribution in [2.45, 2.75) is 25.8 Å². The van der Waals surface area contributed by atoms with Crippen LogP contribution in [-0.2, 0) is 9.59 Å². The summed E-state index contributed by atoms with van der Waals surface area (Å²) in [5.41, 5.74) is 5.45. The Morgan fingerprint density at radius 1 is 1.57 bits per heavy atom. The first-order valence-corrected chi connectivity index (χ1v) is 4.79. The first-order valence-electron chi connectivity index (χ1n) is 4.79. The van der Waals surface area contributed by atoms with Crippen molar-refractivity contribution in [2.24, 2.45) is 11.7 Å². The van der Waals surface area contributed by atoms with Crippen molar-refractivity contribution < 1.29 is 14.7 Å². The number of rotatable bonds is 2. The number of nitrogens with zero attached hydrogens (tertiary/aromatic N) is 1. The fourth-order valence-corrected chi connectivity index (χ4v) is 1.67. The molecule has 5 heteroatoms. The molecule has 0 saturated carbocycles. The Balaban J connectivity index is 2.56. The zero-order chi connectivity index (χ0) is 10.7. The molecule has 0 radical (unpaired) electrons. The van der Waals surface area contributed by atoms with Crippen LogP contribution in [0.2, 0.25) is 0 Å². The van der Waals surface area contributed by atoms with Gasteiger partial charge < -0.3 is 15.7 Å². The van der Waals surface area contributed by atoms with E-state index in [2.05, 4.69) is 0 Å². The molecule has 0 aromatic carbocycles. The lowest BCUT2D eigenvalue weighted by Gasteiger charge is -2.31. The van der Waals surface area contributed by atoms with E-state index in [4.69, 9.17) is 10.8 Å². The minimum absolute atomic E-state index is 0.157. The van der Waals surface area contributed by atoms with Gasteiger partial charge in [-0.1, -0.05) is 0 Å². The number of carbonyl (C=O) groups is 2. The van der Waals surface area contributed by atoms with Gasteiger partial charge in [-0.2, -0.15) is 0 Å². The fraction of sp³-hybridized carbons (Fsp3) is 0.778. The highest BCUT2D eigenvalue weighted by Crippen LogP contribution is 2.16. The van der Waals surface area contributed by atoms with Crippen molar-refractivity contribution in [2.75, 3.05) is 13.1 Å². The van der Waals surface area contributed by atoms with Gasteiger partial charge in [-0.15, -0.1) is 0 Å². The van der Waals surface area contributed by atoms with Gasteiger partial charge in [-0.05, 0) is 19.8 Å². The third kappa shape index (κ3) is 2.45. The SMILES string of the molecule is C[C@@H](N)C(=O)N1CCC[C@@H](C(=O)O)C1. The molecule has 1 aliphatic heterocycles. The summed E-state index contributed by atoms with van der Waals surface area (Å²) >= 11 is 0. The van der Waals surface area contributed by atoms with Gasteiger partial charge in [-0.25, -0.2) is 0 Å². The smallest absolute Gasteiger partial charge is 0.308 e. The highest BCUT2D eigenvalue weighted by atomic mass is 16.4. The van der Waals surface area contributed by atoms with Crippen LogP contribution in [0, 0.1) is 5.92 Å². The average molecular weight is 200 g/mol. The number of carboxylic acid groups (broad SMARTS) is 1. The monoisotopic (exact) mass is 200 g/mol. The number of hydrogen-bond acceptors (Lipinski definition) is 3. The number of nitrogens with two attached hydrogens (primary N) is 1. The average Bonchev–Trinajstić information content (AvgIpc) is 2.16. The minimum atomic E-state index is -0.827. The van der Waals surface area contributed by atoms with Gasteiger partial charge >= 0.3 is 5.97 Å². The molecule has 1 aliphatic rings. The number of carbonyl (C=O) groups excluding carboxylic acids is 1. The summed E-state index contributed by atoms with van der Waals surface area (Å²) < 4.78 is 0. The lowest BCUT2D eigenvalue weighted by Crippen LogP contribution is -2.48. The third-order valence-electron chi connectivity index (χ3n) is 2.47. The summed E-state index contributed by atoms with van der Waals surface area (Å²) in [5.74, 6) is -1.41. The molecule has 0 unspecified atom stereocenters. The standard InChI is InChI=1S/C9H16N2O3/c1-6(10)8(12)11-4-2-3-7(5-11)9(13)14/h6-7H,2-5,10H2,1H3,(H,13,14)/t6-,7-/m1/s1. The van der Waals surface area contributed by atoms with E-state index >= 15 is 0 Å². The zero-order valence-electron chi connectivity index (χ0n) is 8.27. The lowest BCUT2D eigenvalue weighted by molar-refractivity contribution is -0.145. The third-order valence-corrected chi connectivity index (χ3v) is 2.47. The summed E-state index contributed by atoms with van der Waals surface area (Å²) in [5, 5.41) is 8.81. The Morgan fingerprint density at radius 2 is 2.21 bits per heavy atom. The zero-order valence-corrected chi connectivity index (χ0v) is 8.27. The van der Waals surface area contributed by atoms with Crippen LogP contribution in [0.15, 0.2) is 0 Å². The van der Waals surface area contributed by atoms with E-state index in [1.807, 2.05) is 0 Å². The van der Waals surface area contributed by atoms with Crippen molar-refractivity contribution in [1.82, 2.24) is 4.90 Å². The summed E-state index contributed by atoms with van der Waals surface area (Å²) in [7, 11) is 0. The molecule has 0 spiro atoms. The van der Waals surface area contributed by atoms with Crippen LogP contribution >= 0.6 is 0 Å². The number of aliphatic carboxylic acids is 1. The lowest BCUT2D eigenvalue weighted by atomic mass is 9.98. The second-order valence-corrected chi connectivity index (χ2v) is 3.75. The van der Waals surface area contributed by atoms with Gasteiger partial charge in [0.25, 0.3) is 0 Å². The van der Waals surface area contributed by atoms with E-state index in [0.29, 0.717) is 19.5 Å². The Labute approximate surface area is 82.9 Å². The van der Waals surface area contributed by atoms with Crippen molar-refractivity contribution in [3.63, 3.8) is 0 Å². The molecule has 1 saturated heterocycles. The molecule has 1 heterocycles. The van der Waals surface area contributed by atoms with Crippen LogP contribution in [0.25, 0.3) is 0 Å². The Morgan fingerprint density at radius 3 is 2.71 bits per heavy atom. The van der Waals surface area contributed by atoms with E-state index in [-0.39, 0.29) is 5.91 Å². The maximum absolute atomic E-state index is 11.5. The normalized spacial score (nSPS) is 24.4. The molecule has 3 N–H and O–H groups in total. The van der Waals surface area contributed by atoms with Crippen LogP contribution < -0.4 is 5.73 Å². The maximum atomic E-state index is 11.5. The quantitative estimate of drug-likeness (QED) is 0.638. The summed E-state index contributed by atoms with van der Waals surface area (Å²) in [6.07, 6.45) is 1.40. The molecule has 0 aromatic rings. The van der Waals surface area contributed by atoms with E-state index in [9.17, 15) is 9.59 Å². The molecule has 0 bridgehead atoms. The molecule has 14 heavy (non-hydrogen) atoms. The Hall–Kier alpha value is -1.10. The van der Waals surface area contributed by atoms with E-state index in [0.717, 1.165) is 6.42 Å². The Kier molecular flexibility index (Phi) is 3.46. The number of piperidine rings is 1. The molecular weight excluding hydrogens is 184 g/mol. The number of amides is 1. The highest BCUT2D eigenvalue weighted by Gasteiger charge is 2.28. The summed E-state index contributed by atoms with van der Waals surface area (Å²) in [6.45, 7) is 2.55. The molecular formula is C9H16N2O3. The minimum Gasteiger partial charge on any atom is -0.481 e. The molecule has 80 valence electrons. The van der Waals surface area contributed by atoms with Crippen molar-refractivity contribution >= 4 is 11.9 Å². The molecule has 1 fully saturated rings. The molecule has 0 aromatic heterocycles. The molecule has 1 rings (SSSR count). The van der Waals surface area contributed by atoms with Crippen LogP contribution in [0.1, 0.15) is 19.8 Å². The molecule has 1 amide bonds. The van der Waals surface area contributed by atoms with Crippen LogP contribution in [0.4, 0.5) is 0 Å². The predicted molar refractivity (Wildman–Crippen MR) is 50.6 cm³/mol. The molecule has 2 atom stereocenters. The first-order chi connectivity index (χ1) is 6.52. The summed E-state index contributed by atoms with van der Waals surface area (Å²) in [4.78, 5) is 23.7. The van der Waals surface area contributed by atoms with Crippen molar-refractivity contribution in [3.05, 3.63) is 0 Å². The van der Waals surface area contributed by atoms with Crippen LogP contribution in [0.5, 0.6) is 0 Å². The molecule has 5 nitrogen and oxygen atoms in total. The number of likely N-dealkylation sites (tertiary alicyclic amines) is 1. The van der Waals surface area contributed by atoms with Crippen LogP contribution in [0.3, 0.4) is 0 Å². The van der Waals surface area contributed by atoms with Gasteiger partial charge in [-0.3, -0.25) is 9.59 Å². The van der Waals surface area contributed by atoms with Gasteiger partial charge in [0.15, 0.2) is 0 Å². The highest BCUT2D eigenvalue weighted by molar-refractivity contribution is 5.82. The topological polar surface area (TPSA) is 83.6 Å². The van der Waals surface area contributed by atoms with Crippen LogP contribution in [-0.4, -0.2) is 41.0 Å². The number of carboxylic acids is 1. The van der Waals surface area contributed by atoms with Gasteiger partial charge in [0.2, 0.25) is 5.91 Å². The van der Waals surface area contributed by atoms with E-state index < -0.39 is 17.9 Å². The van der Waals surface area contributed by atoms with E-state index in [1.54, 1.807) is 11.8 Å². The van der Waals surface area contributed by atoms with Gasteiger partial charge in [0.1, 0.15) is 0 Å². The fourth-order valence-electron chi connectivity index (χ4n) is 1.67. The second kappa shape index (κ2) is 4.41. The first kappa shape index (κ1) is 11.0. The Bertz CT molecular complexity index is 240. The largest absolute Gasteiger partial charge is 0.481 e. The maximum Gasteiger partial charge on any atom is 0.308 e. The van der Waals surface area contributed by atoms with Crippen molar-refractivity contribution in [3.8, 4) is 0 Å². The second-order valence-electron chi connectivity index (χ2n) is 3.75. The van der Waals surface area contributed by atoms with E-state index in [1.165, 1.54) is 0 Å². The summed E-state index contributed by atoms with van der Waals surface area (Å²) in [6, 6.07) is -0.539. The van der Waals surface area contributed by atoms with Crippen molar-refractivity contribution in [1.29, 1.82) is 0 Å². The molecule has 0 aliphatic carbocycles. The predicted octanol–water partition coefficient (Wildman–Crippen LogP) is -0.343. The van der Waals surface area contributed by atoms with Gasteiger partial charge in [0.05, 0.1) is 12.0 Å². The van der Waals surface area contributed by atoms with Gasteiger partial charge in [0, 0.05) is 13.1 Å². The number of hydrogen-bond donors (Lipinski definition) is 2.